The van der Waals surface area contributed by atoms with Gasteiger partial charge in [0.1, 0.15) is 0 Å². The normalized spacial score (nSPS) is 9.50. The lowest BCUT2D eigenvalue weighted by Gasteiger charge is -2.04. The fraction of sp³-hybridized carbons (Fsp3) is 0.125. The van der Waals surface area contributed by atoms with E-state index < -0.39 is 5.24 Å². The molecule has 12 heavy (non-hydrogen) atoms. The first-order valence-corrected chi connectivity index (χ1v) is 3.80. The second-order valence-corrected chi connectivity index (χ2v) is 2.67. The van der Waals surface area contributed by atoms with Gasteiger partial charge < -0.3 is 11.1 Å². The highest BCUT2D eigenvalue weighted by Gasteiger charge is 2.03. The highest BCUT2D eigenvalue weighted by molar-refractivity contribution is 6.67. The summed E-state index contributed by atoms with van der Waals surface area (Å²) in [6, 6.07) is 4.88. The Morgan fingerprint density at radius 3 is 2.67 bits per heavy atom. The number of hydrogen-bond acceptors (Lipinski definition) is 3. The Morgan fingerprint density at radius 1 is 1.58 bits per heavy atom. The molecule has 0 saturated carbocycles. The van der Waals surface area contributed by atoms with Crippen LogP contribution in [0.5, 0.6) is 0 Å². The summed E-state index contributed by atoms with van der Waals surface area (Å²) in [6.45, 7) is 0. The molecule has 64 valence electrons. The van der Waals surface area contributed by atoms with Crippen molar-refractivity contribution in [2.45, 2.75) is 0 Å². The zero-order chi connectivity index (χ0) is 9.14. The number of rotatable bonds is 2. The molecule has 0 fully saturated rings. The van der Waals surface area contributed by atoms with Crippen LogP contribution in [0.2, 0.25) is 0 Å². The van der Waals surface area contributed by atoms with Gasteiger partial charge in [-0.25, -0.2) is 0 Å². The van der Waals surface area contributed by atoms with E-state index in [2.05, 4.69) is 5.32 Å². The predicted octanol–water partition coefficient (Wildman–Crippen LogP) is 1.69. The van der Waals surface area contributed by atoms with Crippen LogP contribution in [0.3, 0.4) is 0 Å². The molecule has 0 aromatic heterocycles. The zero-order valence-corrected chi connectivity index (χ0v) is 7.35. The molecule has 0 radical (unpaired) electrons. The van der Waals surface area contributed by atoms with E-state index in [1.807, 2.05) is 0 Å². The number of anilines is 2. The fourth-order valence-corrected chi connectivity index (χ4v) is 1.03. The van der Waals surface area contributed by atoms with Gasteiger partial charge in [0.2, 0.25) is 0 Å². The van der Waals surface area contributed by atoms with Crippen LogP contribution in [-0.2, 0) is 0 Å². The van der Waals surface area contributed by atoms with Crippen molar-refractivity contribution in [2.24, 2.45) is 0 Å². The number of halogens is 1. The molecule has 0 spiro atoms. The fourth-order valence-electron chi connectivity index (χ4n) is 0.913. The SMILES string of the molecule is CNc1ccc(C(=O)Cl)cc1N. The largest absolute Gasteiger partial charge is 0.397 e. The van der Waals surface area contributed by atoms with Crippen LogP contribution in [-0.4, -0.2) is 12.3 Å². The molecule has 0 bridgehead atoms. The van der Waals surface area contributed by atoms with Gasteiger partial charge in [-0.1, -0.05) is 0 Å². The summed E-state index contributed by atoms with van der Waals surface area (Å²) >= 11 is 5.26. The average molecular weight is 185 g/mol. The van der Waals surface area contributed by atoms with Gasteiger partial charge in [-0.15, -0.1) is 0 Å². The van der Waals surface area contributed by atoms with E-state index in [-0.39, 0.29) is 0 Å². The quantitative estimate of drug-likeness (QED) is 0.543. The number of hydrogen-bond donors (Lipinski definition) is 2. The maximum atomic E-state index is 10.7. The van der Waals surface area contributed by atoms with E-state index in [0.29, 0.717) is 11.3 Å². The molecule has 0 aliphatic heterocycles. The first kappa shape index (κ1) is 8.87. The first-order valence-electron chi connectivity index (χ1n) is 3.42. The van der Waals surface area contributed by atoms with Crippen LogP contribution >= 0.6 is 11.6 Å². The lowest BCUT2D eigenvalue weighted by Crippen LogP contribution is -1.98. The second kappa shape index (κ2) is 3.45. The maximum Gasteiger partial charge on any atom is 0.252 e. The number of nitrogen functional groups attached to an aromatic ring is 1. The second-order valence-electron chi connectivity index (χ2n) is 2.33. The summed E-state index contributed by atoms with van der Waals surface area (Å²) in [4.78, 5) is 10.7. The van der Waals surface area contributed by atoms with Gasteiger partial charge in [-0.2, -0.15) is 0 Å². The maximum absolute atomic E-state index is 10.7. The molecule has 0 atom stereocenters. The Kier molecular flexibility index (Phi) is 2.55. The van der Waals surface area contributed by atoms with Crippen LogP contribution in [0.15, 0.2) is 18.2 Å². The highest BCUT2D eigenvalue weighted by Crippen LogP contribution is 2.19. The van der Waals surface area contributed by atoms with Gasteiger partial charge in [0, 0.05) is 12.6 Å². The van der Waals surface area contributed by atoms with Crippen LogP contribution in [0, 0.1) is 0 Å². The minimum atomic E-state index is -0.496. The summed E-state index contributed by atoms with van der Waals surface area (Å²) in [6.07, 6.45) is 0. The predicted molar refractivity (Wildman–Crippen MR) is 50.6 cm³/mol. The Labute approximate surface area is 75.5 Å². The zero-order valence-electron chi connectivity index (χ0n) is 6.60. The van der Waals surface area contributed by atoms with Gasteiger partial charge >= 0.3 is 0 Å². The molecule has 1 aromatic rings. The van der Waals surface area contributed by atoms with Crippen molar-refractivity contribution in [1.82, 2.24) is 0 Å². The molecule has 1 rings (SSSR count). The van der Waals surface area contributed by atoms with Crippen molar-refractivity contribution in [3.8, 4) is 0 Å². The van der Waals surface area contributed by atoms with Gasteiger partial charge in [0.05, 0.1) is 11.4 Å². The van der Waals surface area contributed by atoms with E-state index in [0.717, 1.165) is 5.69 Å². The molecule has 0 aliphatic rings. The topological polar surface area (TPSA) is 55.1 Å². The molecule has 4 heteroatoms. The molecular formula is C8H9ClN2O. The monoisotopic (exact) mass is 184 g/mol. The van der Waals surface area contributed by atoms with E-state index in [1.54, 1.807) is 25.2 Å². The van der Waals surface area contributed by atoms with E-state index in [1.165, 1.54) is 0 Å². The van der Waals surface area contributed by atoms with Crippen LogP contribution < -0.4 is 11.1 Å². The van der Waals surface area contributed by atoms with Crippen molar-refractivity contribution >= 4 is 28.2 Å². The van der Waals surface area contributed by atoms with Gasteiger partial charge in [-0.3, -0.25) is 4.79 Å². The molecule has 1 aromatic carbocycles. The molecule has 0 aliphatic carbocycles. The number of benzene rings is 1. The Morgan fingerprint density at radius 2 is 2.25 bits per heavy atom. The molecule has 3 N–H and O–H groups in total. The minimum absolute atomic E-state index is 0.410. The highest BCUT2D eigenvalue weighted by atomic mass is 35.5. The molecule has 0 amide bonds. The average Bonchev–Trinajstić information content (AvgIpc) is 2.04. The molecular weight excluding hydrogens is 176 g/mol. The van der Waals surface area contributed by atoms with Gasteiger partial charge in [0.15, 0.2) is 0 Å². The molecule has 0 heterocycles. The van der Waals surface area contributed by atoms with Crippen molar-refractivity contribution in [3.63, 3.8) is 0 Å². The van der Waals surface area contributed by atoms with Gasteiger partial charge in [0.25, 0.3) is 5.24 Å². The van der Waals surface area contributed by atoms with Crippen molar-refractivity contribution in [1.29, 1.82) is 0 Å². The minimum Gasteiger partial charge on any atom is -0.397 e. The Balaban J connectivity index is 3.10. The summed E-state index contributed by atoms with van der Waals surface area (Å²) in [5.41, 5.74) is 7.31. The molecule has 3 nitrogen and oxygen atoms in total. The summed E-state index contributed by atoms with van der Waals surface area (Å²) in [5.74, 6) is 0. The summed E-state index contributed by atoms with van der Waals surface area (Å²) in [7, 11) is 1.76. The van der Waals surface area contributed by atoms with Crippen LogP contribution in [0.1, 0.15) is 10.4 Å². The van der Waals surface area contributed by atoms with E-state index in [9.17, 15) is 4.79 Å². The first-order chi connectivity index (χ1) is 5.65. The molecule has 0 saturated heterocycles. The number of nitrogens with one attached hydrogen (secondary N) is 1. The smallest absolute Gasteiger partial charge is 0.252 e. The van der Waals surface area contributed by atoms with Crippen LogP contribution in [0.4, 0.5) is 11.4 Å². The van der Waals surface area contributed by atoms with E-state index >= 15 is 0 Å². The Hall–Kier alpha value is -1.22. The summed E-state index contributed by atoms with van der Waals surface area (Å²) in [5, 5.41) is 2.39. The third-order valence-corrected chi connectivity index (χ3v) is 1.77. The molecule has 0 unspecified atom stereocenters. The standard InChI is InChI=1S/C8H9ClN2O/c1-11-7-3-2-5(8(9)12)4-6(7)10/h2-4,11H,10H2,1H3. The third kappa shape index (κ3) is 1.68. The van der Waals surface area contributed by atoms with Gasteiger partial charge in [-0.05, 0) is 29.8 Å². The number of nitrogens with two attached hydrogens (primary N) is 1. The number of carbonyl (C=O) groups is 1. The summed E-state index contributed by atoms with van der Waals surface area (Å²) < 4.78 is 0. The van der Waals surface area contributed by atoms with Crippen molar-refractivity contribution in [2.75, 3.05) is 18.1 Å². The number of carbonyl (C=O) groups excluding carboxylic acids is 1. The van der Waals surface area contributed by atoms with Crippen molar-refractivity contribution < 1.29 is 4.79 Å². The van der Waals surface area contributed by atoms with Crippen LogP contribution in [0.25, 0.3) is 0 Å². The van der Waals surface area contributed by atoms with E-state index in [4.69, 9.17) is 17.3 Å². The lowest BCUT2D eigenvalue weighted by atomic mass is 10.2. The van der Waals surface area contributed by atoms with Crippen molar-refractivity contribution in [3.05, 3.63) is 23.8 Å². The Bertz CT molecular complexity index is 312. The lowest BCUT2D eigenvalue weighted by molar-refractivity contribution is 0.108. The third-order valence-electron chi connectivity index (χ3n) is 1.55.